The third-order valence-electron chi connectivity index (χ3n) is 3.22. The summed E-state index contributed by atoms with van der Waals surface area (Å²) in [6.07, 6.45) is 6.83. The van der Waals surface area contributed by atoms with Gasteiger partial charge >= 0.3 is 105 Å². The molecule has 1 aliphatic carbocycles. The minimum absolute atomic E-state index is 0.708. The predicted molar refractivity (Wildman–Crippen MR) is 64.0 cm³/mol. The second-order valence-electron chi connectivity index (χ2n) is 4.72. The number of hydrogen-bond donors (Lipinski definition) is 1. The van der Waals surface area contributed by atoms with Gasteiger partial charge in [0.05, 0.1) is 0 Å². The van der Waals surface area contributed by atoms with E-state index in [4.69, 9.17) is 6.64 Å². The van der Waals surface area contributed by atoms with Crippen LogP contribution in [0.2, 0.25) is 5.23 Å². The third-order valence-corrected chi connectivity index (χ3v) is 7.35. The Bertz CT molecular complexity index is 178. The number of nitrogens with one attached hydrogen (secondary N) is 1. The summed E-state index contributed by atoms with van der Waals surface area (Å²) in [4.78, 5) is 0.979. The van der Waals surface area contributed by atoms with Crippen molar-refractivity contribution < 1.29 is 24.0 Å². The monoisotopic (exact) mass is 265 g/mol. The molecule has 0 aromatic heterocycles. The van der Waals surface area contributed by atoms with Crippen LogP contribution >= 0.6 is 0 Å². The Balaban J connectivity index is 2.30. The zero-order valence-corrected chi connectivity index (χ0v) is 12.6. The van der Waals surface area contributed by atoms with E-state index in [0.29, 0.717) is 6.04 Å². The van der Waals surface area contributed by atoms with E-state index in [-0.39, 0.29) is 0 Å². The molecule has 0 radical (unpaired) electrons. The Labute approximate surface area is 105 Å². The molecule has 0 spiro atoms. The maximum absolute atomic E-state index is 5.86. The van der Waals surface area contributed by atoms with Crippen molar-refractivity contribution in [2.45, 2.75) is 57.2 Å². The van der Waals surface area contributed by atoms with E-state index in [1.165, 1.54) is 32.1 Å². The quantitative estimate of drug-likeness (QED) is 0.718. The first-order chi connectivity index (χ1) is 7.70. The summed E-state index contributed by atoms with van der Waals surface area (Å²) in [5.74, 6) is 0. The van der Waals surface area contributed by atoms with Crippen molar-refractivity contribution in [3.63, 3.8) is 0 Å². The summed E-state index contributed by atoms with van der Waals surface area (Å²) < 4.78 is 11.7. The number of rotatable bonds is 7. The van der Waals surface area contributed by atoms with Gasteiger partial charge in [-0.15, -0.1) is 0 Å². The van der Waals surface area contributed by atoms with Gasteiger partial charge < -0.3 is 0 Å². The average Bonchev–Trinajstić information content (AvgIpc) is 2.29. The van der Waals surface area contributed by atoms with Crippen LogP contribution in [0.1, 0.15) is 46.0 Å². The SMILES string of the molecule is CC[O][Ti]([CH3])([CH2]NC1CCCCC1)[O]CC. The molecule has 3 nitrogen and oxygen atoms in total. The molecule has 96 valence electrons. The van der Waals surface area contributed by atoms with Crippen molar-refractivity contribution >= 4 is 0 Å². The number of hydrogen-bond acceptors (Lipinski definition) is 3. The van der Waals surface area contributed by atoms with E-state index >= 15 is 0 Å². The summed E-state index contributed by atoms with van der Waals surface area (Å²) in [7, 11) is 0. The Morgan fingerprint density at radius 1 is 1.06 bits per heavy atom. The van der Waals surface area contributed by atoms with Crippen molar-refractivity contribution in [1.82, 2.24) is 5.32 Å². The van der Waals surface area contributed by atoms with Gasteiger partial charge in [-0.3, -0.25) is 0 Å². The summed E-state index contributed by atoms with van der Waals surface area (Å²) >= 11 is -2.46. The second kappa shape index (κ2) is 7.83. The van der Waals surface area contributed by atoms with Gasteiger partial charge in [0.1, 0.15) is 0 Å². The first-order valence-electron chi connectivity index (χ1n) is 6.71. The van der Waals surface area contributed by atoms with Gasteiger partial charge in [-0.1, -0.05) is 0 Å². The molecule has 0 aromatic carbocycles. The molecule has 0 aliphatic heterocycles. The van der Waals surface area contributed by atoms with Crippen LogP contribution in [0, 0.1) is 0 Å². The maximum atomic E-state index is 5.86. The van der Waals surface area contributed by atoms with Crippen LogP contribution in [-0.4, -0.2) is 24.1 Å². The fourth-order valence-corrected chi connectivity index (χ4v) is 5.78. The van der Waals surface area contributed by atoms with Gasteiger partial charge in [0.25, 0.3) is 0 Å². The van der Waals surface area contributed by atoms with Gasteiger partial charge in [0.15, 0.2) is 0 Å². The Morgan fingerprint density at radius 2 is 1.62 bits per heavy atom. The van der Waals surface area contributed by atoms with Crippen molar-refractivity contribution in [1.29, 1.82) is 0 Å². The molecule has 0 atom stereocenters. The van der Waals surface area contributed by atoms with E-state index in [1.54, 1.807) is 0 Å². The van der Waals surface area contributed by atoms with Crippen molar-refractivity contribution in [3.8, 4) is 0 Å². The van der Waals surface area contributed by atoms with Crippen LogP contribution in [0.25, 0.3) is 0 Å². The minimum atomic E-state index is -2.46. The molecular weight excluding hydrogens is 238 g/mol. The Kier molecular flexibility index (Phi) is 7.17. The molecule has 0 saturated heterocycles. The molecule has 1 aliphatic rings. The van der Waals surface area contributed by atoms with Crippen molar-refractivity contribution in [3.05, 3.63) is 0 Å². The Morgan fingerprint density at radius 3 is 2.12 bits per heavy atom. The first-order valence-corrected chi connectivity index (χ1v) is 10.7. The van der Waals surface area contributed by atoms with Crippen LogP contribution in [0.3, 0.4) is 0 Å². The van der Waals surface area contributed by atoms with Gasteiger partial charge in [-0.2, -0.15) is 0 Å². The summed E-state index contributed by atoms with van der Waals surface area (Å²) in [6, 6.07) is 0.708. The van der Waals surface area contributed by atoms with Crippen LogP contribution in [0.4, 0.5) is 0 Å². The van der Waals surface area contributed by atoms with E-state index in [9.17, 15) is 0 Å². The molecular formula is C12H27NO2Ti. The van der Waals surface area contributed by atoms with Gasteiger partial charge in [-0.05, 0) is 0 Å². The molecule has 0 amide bonds. The van der Waals surface area contributed by atoms with E-state index in [0.717, 1.165) is 18.1 Å². The van der Waals surface area contributed by atoms with Crippen LogP contribution < -0.4 is 5.32 Å². The zero-order chi connectivity index (χ0) is 11.9. The Hall–Kier alpha value is 0.594. The standard InChI is InChI=1S/C7H14N.2C2H5O.CH3.Ti/c1-8-7-5-3-2-4-6-7;2*1-2-3;;/h7-8H,1-6H2;2*2H2,1H3;1H3;/q;2*-1;;+2. The van der Waals surface area contributed by atoms with E-state index < -0.39 is 17.4 Å². The summed E-state index contributed by atoms with van der Waals surface area (Å²) in [6.45, 7) is 5.68. The molecule has 1 rings (SSSR count). The van der Waals surface area contributed by atoms with Crippen LogP contribution in [0.15, 0.2) is 0 Å². The second-order valence-corrected chi connectivity index (χ2v) is 9.71. The molecule has 0 heterocycles. The van der Waals surface area contributed by atoms with Crippen molar-refractivity contribution in [2.75, 3.05) is 18.1 Å². The molecule has 1 N–H and O–H groups in total. The van der Waals surface area contributed by atoms with Gasteiger partial charge in [0, 0.05) is 0 Å². The fraction of sp³-hybridized carbons (Fsp3) is 1.00. The topological polar surface area (TPSA) is 30.5 Å². The summed E-state index contributed by atoms with van der Waals surface area (Å²) in [5, 5.41) is 5.88. The first kappa shape index (κ1) is 14.7. The molecule has 1 saturated carbocycles. The zero-order valence-electron chi connectivity index (χ0n) is 11.1. The third kappa shape index (κ3) is 5.28. The van der Waals surface area contributed by atoms with E-state index in [1.807, 2.05) is 0 Å². The molecule has 4 heteroatoms. The normalized spacial score (nSPS) is 18.9. The van der Waals surface area contributed by atoms with Gasteiger partial charge in [0.2, 0.25) is 0 Å². The molecule has 16 heavy (non-hydrogen) atoms. The van der Waals surface area contributed by atoms with E-state index in [2.05, 4.69) is 24.4 Å². The average molecular weight is 265 g/mol. The molecule has 0 bridgehead atoms. The van der Waals surface area contributed by atoms with Crippen LogP contribution in [0.5, 0.6) is 0 Å². The van der Waals surface area contributed by atoms with Crippen LogP contribution in [-0.2, 0) is 24.0 Å². The molecule has 0 aromatic rings. The molecule has 1 fully saturated rings. The fourth-order valence-electron chi connectivity index (χ4n) is 2.39. The van der Waals surface area contributed by atoms with Gasteiger partial charge in [-0.25, -0.2) is 0 Å². The molecule has 0 unspecified atom stereocenters. The summed E-state index contributed by atoms with van der Waals surface area (Å²) in [5.41, 5.74) is 0. The van der Waals surface area contributed by atoms with Crippen molar-refractivity contribution in [2.24, 2.45) is 0 Å². The predicted octanol–water partition coefficient (Wildman–Crippen LogP) is 2.97.